The van der Waals surface area contributed by atoms with Crippen LogP contribution in [0.1, 0.15) is 38.3 Å². The quantitative estimate of drug-likeness (QED) is 0.757. The minimum Gasteiger partial charge on any atom is -0.494 e. The summed E-state index contributed by atoms with van der Waals surface area (Å²) in [6.45, 7) is 5.07. The SMILES string of the molecule is CCNC(C)c1ccc(OCCCC(F)(F)F)cc1. The summed E-state index contributed by atoms with van der Waals surface area (Å²) in [7, 11) is 0. The zero-order valence-electron chi connectivity index (χ0n) is 11.3. The highest BCUT2D eigenvalue weighted by molar-refractivity contribution is 5.28. The zero-order valence-corrected chi connectivity index (χ0v) is 11.3. The van der Waals surface area contributed by atoms with Crippen LogP contribution in [-0.4, -0.2) is 19.3 Å². The van der Waals surface area contributed by atoms with Crippen molar-refractivity contribution in [2.24, 2.45) is 0 Å². The highest BCUT2D eigenvalue weighted by atomic mass is 19.4. The fraction of sp³-hybridized carbons (Fsp3) is 0.571. The second kappa shape index (κ2) is 7.38. The molecule has 0 saturated heterocycles. The van der Waals surface area contributed by atoms with Crippen LogP contribution in [0.5, 0.6) is 5.75 Å². The summed E-state index contributed by atoms with van der Waals surface area (Å²) in [5.74, 6) is 0.606. The number of halogens is 3. The maximum atomic E-state index is 11.9. The summed E-state index contributed by atoms with van der Waals surface area (Å²) in [4.78, 5) is 0. The van der Waals surface area contributed by atoms with Gasteiger partial charge in [-0.05, 0) is 37.6 Å². The predicted octanol–water partition coefficient (Wildman–Crippen LogP) is 4.08. The molecule has 1 aromatic carbocycles. The molecule has 19 heavy (non-hydrogen) atoms. The van der Waals surface area contributed by atoms with Crippen LogP contribution in [0, 0.1) is 0 Å². The number of benzene rings is 1. The van der Waals surface area contributed by atoms with Crippen molar-refractivity contribution in [1.29, 1.82) is 0 Å². The number of ether oxygens (including phenoxy) is 1. The van der Waals surface area contributed by atoms with Gasteiger partial charge in [-0.1, -0.05) is 19.1 Å². The molecule has 0 spiro atoms. The lowest BCUT2D eigenvalue weighted by atomic mass is 10.1. The Labute approximate surface area is 112 Å². The molecule has 0 aliphatic heterocycles. The van der Waals surface area contributed by atoms with Gasteiger partial charge in [0, 0.05) is 12.5 Å². The Morgan fingerprint density at radius 1 is 1.21 bits per heavy atom. The summed E-state index contributed by atoms with van der Waals surface area (Å²) in [5.41, 5.74) is 1.13. The average Bonchev–Trinajstić information content (AvgIpc) is 2.34. The molecular weight excluding hydrogens is 255 g/mol. The zero-order chi connectivity index (χ0) is 14.3. The van der Waals surface area contributed by atoms with Gasteiger partial charge in [0.2, 0.25) is 0 Å². The molecule has 0 radical (unpaired) electrons. The lowest BCUT2D eigenvalue weighted by Crippen LogP contribution is -2.17. The van der Waals surface area contributed by atoms with Gasteiger partial charge in [-0.2, -0.15) is 13.2 Å². The van der Waals surface area contributed by atoms with E-state index in [0.29, 0.717) is 5.75 Å². The summed E-state index contributed by atoms with van der Waals surface area (Å²) >= 11 is 0. The molecule has 108 valence electrons. The number of alkyl halides is 3. The Hall–Kier alpha value is -1.23. The first-order chi connectivity index (χ1) is 8.92. The number of nitrogens with one attached hydrogen (secondary N) is 1. The predicted molar refractivity (Wildman–Crippen MR) is 69.3 cm³/mol. The van der Waals surface area contributed by atoms with Crippen LogP contribution in [0.4, 0.5) is 13.2 Å². The van der Waals surface area contributed by atoms with Crippen molar-refractivity contribution in [3.8, 4) is 5.75 Å². The van der Waals surface area contributed by atoms with Gasteiger partial charge in [0.25, 0.3) is 0 Å². The van der Waals surface area contributed by atoms with Crippen LogP contribution in [0.2, 0.25) is 0 Å². The van der Waals surface area contributed by atoms with E-state index in [9.17, 15) is 13.2 Å². The first-order valence-corrected chi connectivity index (χ1v) is 6.45. The summed E-state index contributed by atoms with van der Waals surface area (Å²) in [5, 5.41) is 3.28. The van der Waals surface area contributed by atoms with E-state index in [0.717, 1.165) is 12.1 Å². The van der Waals surface area contributed by atoms with E-state index in [1.165, 1.54) is 0 Å². The molecule has 2 nitrogen and oxygen atoms in total. The molecule has 1 rings (SSSR count). The van der Waals surface area contributed by atoms with Crippen molar-refractivity contribution >= 4 is 0 Å². The van der Waals surface area contributed by atoms with Gasteiger partial charge in [0.1, 0.15) is 5.75 Å². The standard InChI is InChI=1S/C14H20F3NO/c1-3-18-11(2)12-5-7-13(8-6-12)19-10-4-9-14(15,16)17/h5-8,11,18H,3-4,9-10H2,1-2H3. The topological polar surface area (TPSA) is 21.3 Å². The minimum absolute atomic E-state index is 0.0148. The summed E-state index contributed by atoms with van der Waals surface area (Å²) < 4.78 is 41.1. The Kier molecular flexibility index (Phi) is 6.15. The Morgan fingerprint density at radius 3 is 2.37 bits per heavy atom. The number of hydrogen-bond acceptors (Lipinski definition) is 2. The first kappa shape index (κ1) is 15.8. The third-order valence-corrected chi connectivity index (χ3v) is 2.76. The number of rotatable bonds is 7. The molecule has 1 N–H and O–H groups in total. The molecule has 1 unspecified atom stereocenters. The number of hydrogen-bond donors (Lipinski definition) is 1. The van der Waals surface area contributed by atoms with E-state index >= 15 is 0 Å². The van der Waals surface area contributed by atoms with Crippen molar-refractivity contribution in [3.63, 3.8) is 0 Å². The summed E-state index contributed by atoms with van der Waals surface area (Å²) in [6.07, 6.45) is -4.92. The molecule has 5 heteroatoms. The molecule has 0 bridgehead atoms. The van der Waals surface area contributed by atoms with E-state index < -0.39 is 12.6 Å². The van der Waals surface area contributed by atoms with Crippen molar-refractivity contribution in [2.45, 2.75) is 38.9 Å². The van der Waals surface area contributed by atoms with E-state index in [1.54, 1.807) is 12.1 Å². The van der Waals surface area contributed by atoms with Crippen LogP contribution < -0.4 is 10.1 Å². The van der Waals surface area contributed by atoms with E-state index in [1.807, 2.05) is 19.1 Å². The maximum Gasteiger partial charge on any atom is 0.389 e. The van der Waals surface area contributed by atoms with Crippen LogP contribution >= 0.6 is 0 Å². The second-order valence-electron chi connectivity index (χ2n) is 4.42. The summed E-state index contributed by atoms with van der Waals surface area (Å²) in [6, 6.07) is 7.68. The van der Waals surface area contributed by atoms with Crippen LogP contribution in [0.25, 0.3) is 0 Å². The van der Waals surface area contributed by atoms with Gasteiger partial charge in [0.15, 0.2) is 0 Å². The Balaban J connectivity index is 2.36. The Bertz CT molecular complexity index is 362. The average molecular weight is 275 g/mol. The molecule has 0 aromatic heterocycles. The molecule has 0 fully saturated rings. The second-order valence-corrected chi connectivity index (χ2v) is 4.42. The van der Waals surface area contributed by atoms with Gasteiger partial charge < -0.3 is 10.1 Å². The van der Waals surface area contributed by atoms with Gasteiger partial charge >= 0.3 is 6.18 Å². The molecule has 0 aliphatic carbocycles. The van der Waals surface area contributed by atoms with Crippen molar-refractivity contribution in [2.75, 3.05) is 13.2 Å². The van der Waals surface area contributed by atoms with Crippen molar-refractivity contribution in [1.82, 2.24) is 5.32 Å². The van der Waals surface area contributed by atoms with Gasteiger partial charge in [-0.3, -0.25) is 0 Å². The highest BCUT2D eigenvalue weighted by Crippen LogP contribution is 2.22. The molecule has 0 aliphatic rings. The van der Waals surface area contributed by atoms with E-state index in [2.05, 4.69) is 12.2 Å². The largest absolute Gasteiger partial charge is 0.494 e. The van der Waals surface area contributed by atoms with Crippen LogP contribution in [0.3, 0.4) is 0 Å². The monoisotopic (exact) mass is 275 g/mol. The van der Waals surface area contributed by atoms with E-state index in [4.69, 9.17) is 4.74 Å². The molecule has 0 saturated carbocycles. The Morgan fingerprint density at radius 2 is 1.84 bits per heavy atom. The molecular formula is C14H20F3NO. The van der Waals surface area contributed by atoms with Gasteiger partial charge in [-0.25, -0.2) is 0 Å². The maximum absolute atomic E-state index is 11.9. The lowest BCUT2D eigenvalue weighted by molar-refractivity contribution is -0.136. The van der Waals surface area contributed by atoms with Crippen LogP contribution in [0.15, 0.2) is 24.3 Å². The van der Waals surface area contributed by atoms with Crippen molar-refractivity contribution < 1.29 is 17.9 Å². The minimum atomic E-state index is -4.10. The van der Waals surface area contributed by atoms with E-state index in [-0.39, 0.29) is 19.1 Å². The third-order valence-electron chi connectivity index (χ3n) is 2.76. The molecule has 0 amide bonds. The van der Waals surface area contributed by atoms with Crippen LogP contribution in [-0.2, 0) is 0 Å². The highest BCUT2D eigenvalue weighted by Gasteiger charge is 2.26. The fourth-order valence-corrected chi connectivity index (χ4v) is 1.74. The molecule has 0 heterocycles. The fourth-order valence-electron chi connectivity index (χ4n) is 1.74. The first-order valence-electron chi connectivity index (χ1n) is 6.45. The van der Waals surface area contributed by atoms with Gasteiger partial charge in [-0.15, -0.1) is 0 Å². The molecule has 1 aromatic rings. The smallest absolute Gasteiger partial charge is 0.389 e. The molecule has 1 atom stereocenters. The lowest BCUT2D eigenvalue weighted by Gasteiger charge is -2.13. The third kappa shape index (κ3) is 6.47. The van der Waals surface area contributed by atoms with Gasteiger partial charge in [0.05, 0.1) is 6.61 Å². The normalized spacial score (nSPS) is 13.3. The van der Waals surface area contributed by atoms with Crippen molar-refractivity contribution in [3.05, 3.63) is 29.8 Å².